The number of hydrogen-bond donors (Lipinski definition) is 2. The Balaban J connectivity index is 1.92. The third kappa shape index (κ3) is 7.68. The van der Waals surface area contributed by atoms with Crippen molar-refractivity contribution in [2.24, 2.45) is 0 Å². The molecule has 158 valence electrons. The fourth-order valence-electron chi connectivity index (χ4n) is 2.45. The van der Waals surface area contributed by atoms with Crippen molar-refractivity contribution in [3.05, 3.63) is 59.9 Å². The molecular weight excluding hydrogens is 415 g/mol. The van der Waals surface area contributed by atoms with Crippen molar-refractivity contribution in [2.75, 3.05) is 25.2 Å². The quantitative estimate of drug-likeness (QED) is 0.525. The smallest absolute Gasteiger partial charge is 0.241 e. The second-order valence-electron chi connectivity index (χ2n) is 6.36. The van der Waals surface area contributed by atoms with Crippen molar-refractivity contribution in [1.82, 2.24) is 10.0 Å². The molecule has 0 heterocycles. The summed E-state index contributed by atoms with van der Waals surface area (Å²) in [4.78, 5) is 12.6. The molecule has 0 saturated heterocycles. The summed E-state index contributed by atoms with van der Waals surface area (Å²) >= 11 is 1.53. The van der Waals surface area contributed by atoms with Gasteiger partial charge in [0.15, 0.2) is 0 Å². The van der Waals surface area contributed by atoms with E-state index in [9.17, 15) is 17.6 Å². The molecule has 2 N–H and O–H groups in total. The van der Waals surface area contributed by atoms with Crippen LogP contribution in [-0.2, 0) is 14.8 Å². The van der Waals surface area contributed by atoms with Crippen LogP contribution in [-0.4, -0.2) is 45.5 Å². The van der Waals surface area contributed by atoms with Gasteiger partial charge in [0.25, 0.3) is 0 Å². The Hall–Kier alpha value is -2.10. The van der Waals surface area contributed by atoms with Gasteiger partial charge in [0, 0.05) is 0 Å². The third-order valence-corrected chi connectivity index (χ3v) is 6.17. The Morgan fingerprint density at radius 1 is 1.14 bits per heavy atom. The molecule has 2 aromatic carbocycles. The van der Waals surface area contributed by atoms with Crippen molar-refractivity contribution in [2.45, 2.75) is 24.3 Å². The Morgan fingerprint density at radius 3 is 2.41 bits per heavy atom. The third-order valence-electron chi connectivity index (χ3n) is 4.04. The number of nitrogens with one attached hydrogen (secondary N) is 2. The molecule has 9 heteroatoms. The molecule has 0 aliphatic rings. The van der Waals surface area contributed by atoms with Crippen molar-refractivity contribution in [1.29, 1.82) is 0 Å². The van der Waals surface area contributed by atoms with Gasteiger partial charge in [-0.3, -0.25) is 4.79 Å². The predicted molar refractivity (Wildman–Crippen MR) is 113 cm³/mol. The Labute approximate surface area is 175 Å². The van der Waals surface area contributed by atoms with E-state index >= 15 is 0 Å². The first-order valence-electron chi connectivity index (χ1n) is 9.06. The maximum Gasteiger partial charge on any atom is 0.241 e. The summed E-state index contributed by atoms with van der Waals surface area (Å²) in [7, 11) is -3.82. The normalized spacial score (nSPS) is 12.4. The molecule has 0 spiro atoms. The zero-order valence-corrected chi connectivity index (χ0v) is 18.0. The zero-order chi connectivity index (χ0) is 21.3. The van der Waals surface area contributed by atoms with E-state index in [0.29, 0.717) is 17.9 Å². The van der Waals surface area contributed by atoms with E-state index in [-0.39, 0.29) is 23.9 Å². The van der Waals surface area contributed by atoms with E-state index in [1.807, 2.05) is 13.2 Å². The molecule has 29 heavy (non-hydrogen) atoms. The summed E-state index contributed by atoms with van der Waals surface area (Å²) in [5, 5.41) is 2.68. The van der Waals surface area contributed by atoms with E-state index in [0.717, 1.165) is 5.56 Å². The number of hydrogen-bond acceptors (Lipinski definition) is 5. The van der Waals surface area contributed by atoms with E-state index in [2.05, 4.69) is 10.0 Å². The molecule has 2 rings (SSSR count). The van der Waals surface area contributed by atoms with Crippen LogP contribution in [0.4, 0.5) is 4.39 Å². The average Bonchev–Trinajstić information content (AvgIpc) is 2.70. The lowest BCUT2D eigenvalue weighted by Crippen LogP contribution is -2.47. The van der Waals surface area contributed by atoms with Crippen LogP contribution in [0.1, 0.15) is 12.0 Å². The number of rotatable bonds is 11. The van der Waals surface area contributed by atoms with E-state index in [1.165, 1.54) is 48.2 Å². The van der Waals surface area contributed by atoms with Crippen molar-refractivity contribution in [3.8, 4) is 5.75 Å². The second kappa shape index (κ2) is 11.2. The number of carbonyl (C=O) groups is 1. The molecule has 0 saturated carbocycles. The number of halogens is 1. The largest absolute Gasteiger partial charge is 0.492 e. The van der Waals surface area contributed by atoms with Crippen LogP contribution in [0, 0.1) is 12.7 Å². The maximum atomic E-state index is 12.9. The number of carbonyl (C=O) groups excluding carboxylic acids is 1. The molecule has 0 bridgehead atoms. The molecule has 2 aromatic rings. The number of benzene rings is 2. The minimum Gasteiger partial charge on any atom is -0.492 e. The fraction of sp³-hybridized carbons (Fsp3) is 0.350. The number of thioether (sulfide) groups is 1. The van der Waals surface area contributed by atoms with Gasteiger partial charge >= 0.3 is 0 Å². The lowest BCUT2D eigenvalue weighted by atomic mass is 10.2. The van der Waals surface area contributed by atoms with Crippen LogP contribution in [0.15, 0.2) is 53.4 Å². The van der Waals surface area contributed by atoms with E-state index in [1.54, 1.807) is 12.1 Å². The summed E-state index contributed by atoms with van der Waals surface area (Å²) in [5.41, 5.74) is 0.946. The maximum absolute atomic E-state index is 12.9. The first-order valence-corrected chi connectivity index (χ1v) is 11.9. The molecule has 0 radical (unpaired) electrons. The Morgan fingerprint density at radius 2 is 1.79 bits per heavy atom. The van der Waals surface area contributed by atoms with Crippen LogP contribution in [0.3, 0.4) is 0 Å². The SMILES string of the molecule is CSCCC(NS(=O)(=O)c1ccc(C)cc1)C(=O)NCCOc1ccc(F)cc1. The van der Waals surface area contributed by atoms with Crippen molar-refractivity contribution >= 4 is 27.7 Å². The summed E-state index contributed by atoms with van der Waals surface area (Å²) in [6.45, 7) is 2.24. The minimum absolute atomic E-state index is 0.115. The molecule has 0 aliphatic carbocycles. The average molecular weight is 441 g/mol. The van der Waals surface area contributed by atoms with Crippen LogP contribution in [0.2, 0.25) is 0 Å². The number of ether oxygens (including phenoxy) is 1. The van der Waals surface area contributed by atoms with Crippen LogP contribution in [0.5, 0.6) is 5.75 Å². The molecule has 6 nitrogen and oxygen atoms in total. The van der Waals surface area contributed by atoms with Crippen LogP contribution in [0.25, 0.3) is 0 Å². The molecular formula is C20H25FN2O4S2. The van der Waals surface area contributed by atoms with Gasteiger partial charge in [-0.25, -0.2) is 12.8 Å². The minimum atomic E-state index is -3.82. The lowest BCUT2D eigenvalue weighted by molar-refractivity contribution is -0.122. The van der Waals surface area contributed by atoms with Gasteiger partial charge in [0.2, 0.25) is 15.9 Å². The second-order valence-corrected chi connectivity index (χ2v) is 9.06. The highest BCUT2D eigenvalue weighted by atomic mass is 32.2. The number of aryl methyl sites for hydroxylation is 1. The monoisotopic (exact) mass is 440 g/mol. The van der Waals surface area contributed by atoms with Gasteiger partial charge in [-0.05, 0) is 61.8 Å². The Kier molecular flexibility index (Phi) is 8.94. The predicted octanol–water partition coefficient (Wildman–Crippen LogP) is 2.73. The number of sulfonamides is 1. The van der Waals surface area contributed by atoms with Crippen molar-refractivity contribution in [3.63, 3.8) is 0 Å². The van der Waals surface area contributed by atoms with Crippen LogP contribution >= 0.6 is 11.8 Å². The standard InChI is InChI=1S/C20H25FN2O4S2/c1-15-3-9-18(10-4-15)29(25,26)23-19(11-14-28-2)20(24)22-12-13-27-17-7-5-16(21)6-8-17/h3-10,19,23H,11-14H2,1-2H3,(H,22,24). The van der Waals surface area contributed by atoms with Gasteiger partial charge in [0.05, 0.1) is 11.4 Å². The van der Waals surface area contributed by atoms with Crippen LogP contribution < -0.4 is 14.8 Å². The molecule has 0 aliphatic heterocycles. The van der Waals surface area contributed by atoms with E-state index < -0.39 is 22.0 Å². The molecule has 1 unspecified atom stereocenters. The van der Waals surface area contributed by atoms with Gasteiger partial charge in [-0.2, -0.15) is 16.5 Å². The summed E-state index contributed by atoms with van der Waals surface area (Å²) in [6, 6.07) is 11.1. The highest BCUT2D eigenvalue weighted by molar-refractivity contribution is 7.98. The summed E-state index contributed by atoms with van der Waals surface area (Å²) in [6.07, 6.45) is 2.25. The van der Waals surface area contributed by atoms with Gasteiger partial charge in [0.1, 0.15) is 24.2 Å². The summed E-state index contributed by atoms with van der Waals surface area (Å²) < 4.78 is 46.0. The molecule has 0 aromatic heterocycles. The first kappa shape index (κ1) is 23.2. The highest BCUT2D eigenvalue weighted by Gasteiger charge is 2.25. The fourth-order valence-corrected chi connectivity index (χ4v) is 4.15. The first-order chi connectivity index (χ1) is 13.8. The topological polar surface area (TPSA) is 84.5 Å². The van der Waals surface area contributed by atoms with Gasteiger partial charge < -0.3 is 10.1 Å². The summed E-state index contributed by atoms with van der Waals surface area (Å²) in [5.74, 6) is 0.334. The van der Waals surface area contributed by atoms with Gasteiger partial charge in [-0.15, -0.1) is 0 Å². The molecule has 1 atom stereocenters. The van der Waals surface area contributed by atoms with E-state index in [4.69, 9.17) is 4.74 Å². The zero-order valence-electron chi connectivity index (χ0n) is 16.4. The molecule has 1 amide bonds. The lowest BCUT2D eigenvalue weighted by Gasteiger charge is -2.18. The van der Waals surface area contributed by atoms with Gasteiger partial charge in [-0.1, -0.05) is 17.7 Å². The van der Waals surface area contributed by atoms with Crippen molar-refractivity contribution < 1.29 is 22.3 Å². The highest BCUT2D eigenvalue weighted by Crippen LogP contribution is 2.13. The molecule has 0 fully saturated rings. The Bertz CT molecular complexity index is 888. The number of amides is 1.